The molecule has 1 heterocycles. The molecule has 4 nitrogen and oxygen atoms in total. The van der Waals surface area contributed by atoms with Gasteiger partial charge in [-0.1, -0.05) is 49.9 Å². The number of fused-ring (bicyclic) bond motifs is 1. The molecule has 5 heteroatoms. The first-order valence-corrected chi connectivity index (χ1v) is 8.92. The van der Waals surface area contributed by atoms with Crippen LogP contribution in [0.2, 0.25) is 5.02 Å². The molecule has 3 rings (SSSR count). The Morgan fingerprint density at radius 1 is 1.00 bits per heavy atom. The molecule has 0 aliphatic carbocycles. The summed E-state index contributed by atoms with van der Waals surface area (Å²) < 4.78 is 6.30. The molecule has 0 spiro atoms. The lowest BCUT2D eigenvalue weighted by Gasteiger charge is -2.07. The molecule has 0 N–H and O–H groups in total. The third-order valence-corrected chi connectivity index (χ3v) is 4.50. The highest BCUT2D eigenvalue weighted by molar-refractivity contribution is 6.31. The van der Waals surface area contributed by atoms with Crippen LogP contribution in [0.25, 0.3) is 16.7 Å². The molecular formula is C20H20ClNO3. The van der Waals surface area contributed by atoms with Crippen LogP contribution in [0.3, 0.4) is 0 Å². The number of aryl methyl sites for hydroxylation is 1. The van der Waals surface area contributed by atoms with Gasteiger partial charge in [0.15, 0.2) is 0 Å². The number of benzene rings is 2. The standard InChI is InChI=1S/C20H20ClNO3/c1-2-3-4-5-6-14-7-10-16(11-8-14)22-19(23)17-13-15(21)9-12-18(17)25-20(22)24/h7-13H,2-6H2,1H3. The molecule has 0 fully saturated rings. The molecule has 0 saturated carbocycles. The van der Waals surface area contributed by atoms with Gasteiger partial charge in [0, 0.05) is 5.02 Å². The second-order valence-electron chi connectivity index (χ2n) is 6.13. The van der Waals surface area contributed by atoms with E-state index in [1.165, 1.54) is 37.0 Å². The van der Waals surface area contributed by atoms with Gasteiger partial charge < -0.3 is 4.42 Å². The van der Waals surface area contributed by atoms with Crippen molar-refractivity contribution in [1.82, 2.24) is 4.57 Å². The van der Waals surface area contributed by atoms with Crippen molar-refractivity contribution in [3.05, 3.63) is 74.0 Å². The van der Waals surface area contributed by atoms with Crippen molar-refractivity contribution in [2.45, 2.75) is 39.0 Å². The van der Waals surface area contributed by atoms with E-state index in [2.05, 4.69) is 6.92 Å². The van der Waals surface area contributed by atoms with Gasteiger partial charge >= 0.3 is 5.76 Å². The Morgan fingerprint density at radius 2 is 1.76 bits per heavy atom. The van der Waals surface area contributed by atoms with Crippen LogP contribution in [0.15, 0.2) is 56.5 Å². The van der Waals surface area contributed by atoms with Crippen molar-refractivity contribution < 1.29 is 4.42 Å². The van der Waals surface area contributed by atoms with Gasteiger partial charge in [-0.2, -0.15) is 0 Å². The van der Waals surface area contributed by atoms with E-state index in [9.17, 15) is 9.59 Å². The predicted octanol–water partition coefficient (Wildman–Crippen LogP) is 4.72. The van der Waals surface area contributed by atoms with Gasteiger partial charge in [0.1, 0.15) is 5.58 Å². The predicted molar refractivity (Wildman–Crippen MR) is 101 cm³/mol. The lowest BCUT2D eigenvalue weighted by Crippen LogP contribution is -2.30. The third-order valence-electron chi connectivity index (χ3n) is 4.27. The SMILES string of the molecule is CCCCCCc1ccc(-n2c(=O)oc3ccc(Cl)cc3c2=O)cc1. The van der Waals surface area contributed by atoms with E-state index in [1.54, 1.807) is 18.2 Å². The second-order valence-corrected chi connectivity index (χ2v) is 6.56. The minimum absolute atomic E-state index is 0.239. The summed E-state index contributed by atoms with van der Waals surface area (Å²) in [6.07, 6.45) is 5.81. The van der Waals surface area contributed by atoms with E-state index in [1.807, 2.05) is 12.1 Å². The quantitative estimate of drug-likeness (QED) is 0.600. The highest BCUT2D eigenvalue weighted by Gasteiger charge is 2.12. The molecule has 25 heavy (non-hydrogen) atoms. The number of hydrogen-bond acceptors (Lipinski definition) is 3. The summed E-state index contributed by atoms with van der Waals surface area (Å²) in [6, 6.07) is 12.1. The van der Waals surface area contributed by atoms with Gasteiger partial charge in [0.2, 0.25) is 0 Å². The van der Waals surface area contributed by atoms with E-state index in [4.69, 9.17) is 16.0 Å². The highest BCUT2D eigenvalue weighted by atomic mass is 35.5. The number of aromatic nitrogens is 1. The molecule has 0 atom stereocenters. The van der Waals surface area contributed by atoms with Crippen LogP contribution in [0.1, 0.15) is 38.2 Å². The molecule has 3 aromatic rings. The topological polar surface area (TPSA) is 52.2 Å². The van der Waals surface area contributed by atoms with Gasteiger partial charge in [0.05, 0.1) is 11.1 Å². The summed E-state index contributed by atoms with van der Waals surface area (Å²) in [6.45, 7) is 2.19. The van der Waals surface area contributed by atoms with E-state index >= 15 is 0 Å². The van der Waals surface area contributed by atoms with E-state index in [-0.39, 0.29) is 11.0 Å². The maximum absolute atomic E-state index is 12.7. The van der Waals surface area contributed by atoms with Gasteiger partial charge in [-0.25, -0.2) is 9.36 Å². The zero-order valence-electron chi connectivity index (χ0n) is 14.1. The number of unbranched alkanes of at least 4 members (excludes halogenated alkanes) is 3. The number of halogens is 1. The largest absolute Gasteiger partial charge is 0.426 e. The maximum atomic E-state index is 12.7. The lowest BCUT2D eigenvalue weighted by molar-refractivity contribution is 0.504. The summed E-state index contributed by atoms with van der Waals surface area (Å²) in [4.78, 5) is 24.9. The normalized spacial score (nSPS) is 11.1. The van der Waals surface area contributed by atoms with Crippen molar-refractivity contribution in [2.24, 2.45) is 0 Å². The Bertz CT molecular complexity index is 986. The van der Waals surface area contributed by atoms with E-state index in [0.717, 1.165) is 17.4 Å². The van der Waals surface area contributed by atoms with Crippen LogP contribution in [0.5, 0.6) is 0 Å². The van der Waals surface area contributed by atoms with Crippen molar-refractivity contribution in [1.29, 1.82) is 0 Å². The van der Waals surface area contributed by atoms with Gasteiger partial charge in [0.25, 0.3) is 5.56 Å². The molecule has 0 radical (unpaired) electrons. The molecule has 0 aliphatic rings. The van der Waals surface area contributed by atoms with Crippen LogP contribution in [-0.2, 0) is 6.42 Å². The monoisotopic (exact) mass is 357 g/mol. The smallest absolute Gasteiger partial charge is 0.409 e. The Morgan fingerprint density at radius 3 is 2.48 bits per heavy atom. The first-order valence-electron chi connectivity index (χ1n) is 8.55. The van der Waals surface area contributed by atoms with Crippen LogP contribution in [0, 0.1) is 0 Å². The minimum atomic E-state index is -0.699. The van der Waals surface area contributed by atoms with E-state index < -0.39 is 11.3 Å². The summed E-state index contributed by atoms with van der Waals surface area (Å²) in [5.74, 6) is -0.699. The van der Waals surface area contributed by atoms with Gasteiger partial charge in [-0.05, 0) is 48.7 Å². The van der Waals surface area contributed by atoms with Crippen LogP contribution in [0.4, 0.5) is 0 Å². The minimum Gasteiger partial charge on any atom is -0.409 e. The zero-order valence-corrected chi connectivity index (χ0v) is 14.9. The molecule has 0 saturated heterocycles. The van der Waals surface area contributed by atoms with Crippen molar-refractivity contribution in [3.63, 3.8) is 0 Å². The molecule has 0 bridgehead atoms. The van der Waals surface area contributed by atoms with E-state index in [0.29, 0.717) is 10.7 Å². The molecule has 2 aromatic carbocycles. The summed E-state index contributed by atoms with van der Waals surface area (Å²) >= 11 is 5.95. The molecule has 1 aromatic heterocycles. The molecular weight excluding hydrogens is 338 g/mol. The first kappa shape index (κ1) is 17.5. The summed E-state index contributed by atoms with van der Waals surface area (Å²) in [7, 11) is 0. The fourth-order valence-corrected chi connectivity index (χ4v) is 3.06. The average molecular weight is 358 g/mol. The fourth-order valence-electron chi connectivity index (χ4n) is 2.89. The van der Waals surface area contributed by atoms with Gasteiger partial charge in [-0.3, -0.25) is 4.79 Å². The molecule has 130 valence electrons. The fraction of sp³-hybridized carbons (Fsp3) is 0.300. The second kappa shape index (κ2) is 7.70. The number of nitrogens with zero attached hydrogens (tertiary/aromatic N) is 1. The van der Waals surface area contributed by atoms with Crippen LogP contribution in [-0.4, -0.2) is 4.57 Å². The zero-order chi connectivity index (χ0) is 17.8. The van der Waals surface area contributed by atoms with Crippen molar-refractivity contribution in [2.75, 3.05) is 0 Å². The maximum Gasteiger partial charge on any atom is 0.426 e. The molecule has 0 aliphatic heterocycles. The Hall–Kier alpha value is -2.33. The Balaban J connectivity index is 1.94. The number of hydrogen-bond donors (Lipinski definition) is 0. The van der Waals surface area contributed by atoms with Gasteiger partial charge in [-0.15, -0.1) is 0 Å². The molecule has 0 amide bonds. The van der Waals surface area contributed by atoms with Crippen molar-refractivity contribution in [3.8, 4) is 5.69 Å². The Labute approximate surface area is 150 Å². The highest BCUT2D eigenvalue weighted by Crippen LogP contribution is 2.16. The summed E-state index contributed by atoms with van der Waals surface area (Å²) in [5, 5.41) is 0.711. The summed E-state index contributed by atoms with van der Waals surface area (Å²) in [5.41, 5.74) is 1.51. The molecule has 0 unspecified atom stereocenters. The first-order chi connectivity index (χ1) is 12.1. The van der Waals surface area contributed by atoms with Crippen molar-refractivity contribution >= 4 is 22.6 Å². The van der Waals surface area contributed by atoms with Crippen LogP contribution < -0.4 is 11.3 Å². The lowest BCUT2D eigenvalue weighted by atomic mass is 10.1. The third kappa shape index (κ3) is 3.85. The number of rotatable bonds is 6. The Kier molecular flexibility index (Phi) is 5.39. The van der Waals surface area contributed by atoms with Crippen LogP contribution >= 0.6 is 11.6 Å². The average Bonchev–Trinajstić information content (AvgIpc) is 2.61.